The molecule has 0 bridgehead atoms. The predicted octanol–water partition coefficient (Wildman–Crippen LogP) is 3.60. The van der Waals surface area contributed by atoms with Crippen LogP contribution in [-0.4, -0.2) is 9.78 Å². The Kier molecular flexibility index (Phi) is 4.64. The number of benzene rings is 1. The van der Waals surface area contributed by atoms with Gasteiger partial charge in [-0.3, -0.25) is 4.68 Å². The lowest BCUT2D eigenvalue weighted by molar-refractivity contribution is 0.602. The summed E-state index contributed by atoms with van der Waals surface area (Å²) in [6.45, 7) is 3.04. The van der Waals surface area contributed by atoms with Gasteiger partial charge in [-0.2, -0.15) is 5.10 Å². The molecule has 2 rings (SSSR count). The highest BCUT2D eigenvalue weighted by Crippen LogP contribution is 2.26. The molecule has 0 aliphatic heterocycles. The van der Waals surface area contributed by atoms with Crippen LogP contribution in [0, 0.1) is 3.57 Å². The van der Waals surface area contributed by atoms with Crippen molar-refractivity contribution in [3.05, 3.63) is 50.3 Å². The molecule has 0 saturated heterocycles. The minimum atomic E-state index is -0.179. The highest BCUT2D eigenvalue weighted by atomic mass is 127. The summed E-state index contributed by atoms with van der Waals surface area (Å²) >= 11 is 8.30. The summed E-state index contributed by atoms with van der Waals surface area (Å²) in [6.07, 6.45) is 4.90. The Morgan fingerprint density at radius 2 is 2.28 bits per heavy atom. The average Bonchev–Trinajstić information content (AvgIpc) is 2.80. The van der Waals surface area contributed by atoms with Crippen molar-refractivity contribution in [2.75, 3.05) is 0 Å². The summed E-state index contributed by atoms with van der Waals surface area (Å²) < 4.78 is 3.04. The van der Waals surface area contributed by atoms with Gasteiger partial charge in [0.25, 0.3) is 0 Å². The van der Waals surface area contributed by atoms with Gasteiger partial charge in [-0.1, -0.05) is 18.5 Å². The van der Waals surface area contributed by atoms with Crippen molar-refractivity contribution in [1.82, 2.24) is 9.78 Å². The summed E-state index contributed by atoms with van der Waals surface area (Å²) in [5.41, 5.74) is 8.34. The molecule has 1 aromatic heterocycles. The van der Waals surface area contributed by atoms with Gasteiger partial charge in [-0.25, -0.2) is 0 Å². The quantitative estimate of drug-likeness (QED) is 0.830. The Hall–Kier alpha value is -0.590. The van der Waals surface area contributed by atoms with Crippen LogP contribution in [0.2, 0.25) is 5.02 Å². The molecule has 1 atom stereocenters. The van der Waals surface area contributed by atoms with Crippen LogP contribution in [-0.2, 0) is 6.54 Å². The third-order valence-electron chi connectivity index (χ3n) is 2.76. The number of aryl methyl sites for hydroxylation is 1. The van der Waals surface area contributed by atoms with E-state index in [4.69, 9.17) is 17.3 Å². The standard InChI is InChI=1S/C13H15ClIN3/c1-2-5-18-8-9(7-17-18)13(16)11-6-10(14)3-4-12(11)15/h3-4,6-8,13H,2,5,16H2,1H3. The van der Waals surface area contributed by atoms with Crippen LogP contribution in [0.1, 0.15) is 30.5 Å². The van der Waals surface area contributed by atoms with E-state index in [-0.39, 0.29) is 6.04 Å². The molecule has 0 saturated carbocycles. The van der Waals surface area contributed by atoms with Crippen LogP contribution in [0.5, 0.6) is 0 Å². The molecule has 0 aliphatic carbocycles. The lowest BCUT2D eigenvalue weighted by Crippen LogP contribution is -2.12. The topological polar surface area (TPSA) is 43.8 Å². The van der Waals surface area contributed by atoms with E-state index in [1.54, 1.807) is 0 Å². The van der Waals surface area contributed by atoms with Gasteiger partial charge >= 0.3 is 0 Å². The van der Waals surface area contributed by atoms with Gasteiger partial charge in [-0.05, 0) is 52.8 Å². The number of hydrogen-bond donors (Lipinski definition) is 1. The number of nitrogens with two attached hydrogens (primary N) is 1. The normalized spacial score (nSPS) is 12.7. The molecular weight excluding hydrogens is 361 g/mol. The fourth-order valence-electron chi connectivity index (χ4n) is 1.82. The number of aromatic nitrogens is 2. The van der Waals surface area contributed by atoms with Crippen molar-refractivity contribution in [3.8, 4) is 0 Å². The van der Waals surface area contributed by atoms with Crippen molar-refractivity contribution in [2.24, 2.45) is 5.73 Å². The Morgan fingerprint density at radius 3 is 3.00 bits per heavy atom. The molecule has 0 amide bonds. The van der Waals surface area contributed by atoms with Crippen molar-refractivity contribution in [2.45, 2.75) is 25.9 Å². The second kappa shape index (κ2) is 6.04. The van der Waals surface area contributed by atoms with Gasteiger partial charge in [0.15, 0.2) is 0 Å². The van der Waals surface area contributed by atoms with Crippen LogP contribution in [0.4, 0.5) is 0 Å². The monoisotopic (exact) mass is 375 g/mol. The molecule has 1 heterocycles. The number of nitrogens with zero attached hydrogens (tertiary/aromatic N) is 2. The molecule has 96 valence electrons. The van der Waals surface area contributed by atoms with Gasteiger partial charge in [0, 0.05) is 26.9 Å². The van der Waals surface area contributed by atoms with E-state index in [1.807, 2.05) is 35.3 Å². The Balaban J connectivity index is 2.29. The van der Waals surface area contributed by atoms with E-state index in [0.717, 1.165) is 27.7 Å². The summed E-state index contributed by atoms with van der Waals surface area (Å²) in [4.78, 5) is 0. The minimum absolute atomic E-state index is 0.179. The highest BCUT2D eigenvalue weighted by Gasteiger charge is 2.14. The van der Waals surface area contributed by atoms with Crippen molar-refractivity contribution in [1.29, 1.82) is 0 Å². The largest absolute Gasteiger partial charge is 0.320 e. The first-order valence-corrected chi connectivity index (χ1v) is 7.30. The number of rotatable bonds is 4. The zero-order valence-corrected chi connectivity index (χ0v) is 13.0. The SMILES string of the molecule is CCCn1cc(C(N)c2cc(Cl)ccc2I)cn1. The van der Waals surface area contributed by atoms with Crippen molar-refractivity contribution >= 4 is 34.2 Å². The summed E-state index contributed by atoms with van der Waals surface area (Å²) in [5, 5.41) is 5.02. The van der Waals surface area contributed by atoms with Crippen LogP contribution < -0.4 is 5.73 Å². The van der Waals surface area contributed by atoms with E-state index in [0.29, 0.717) is 5.02 Å². The maximum absolute atomic E-state index is 6.28. The molecule has 2 aromatic rings. The number of hydrogen-bond acceptors (Lipinski definition) is 2. The Morgan fingerprint density at radius 1 is 1.50 bits per heavy atom. The first-order chi connectivity index (χ1) is 8.61. The van der Waals surface area contributed by atoms with E-state index in [2.05, 4.69) is 34.6 Å². The Bertz CT molecular complexity index is 539. The maximum atomic E-state index is 6.28. The third-order valence-corrected chi connectivity index (χ3v) is 3.98. The fourth-order valence-corrected chi connectivity index (χ4v) is 2.68. The van der Waals surface area contributed by atoms with E-state index >= 15 is 0 Å². The lowest BCUT2D eigenvalue weighted by atomic mass is 10.0. The first kappa shape index (κ1) is 13.8. The van der Waals surface area contributed by atoms with Gasteiger partial charge in [0.05, 0.1) is 12.2 Å². The summed E-state index contributed by atoms with van der Waals surface area (Å²) in [6, 6.07) is 5.60. The van der Waals surface area contributed by atoms with Gasteiger partial charge in [0.2, 0.25) is 0 Å². The van der Waals surface area contributed by atoms with Crippen LogP contribution in [0.15, 0.2) is 30.6 Å². The van der Waals surface area contributed by atoms with Gasteiger partial charge in [0.1, 0.15) is 0 Å². The van der Waals surface area contributed by atoms with Crippen LogP contribution in [0.3, 0.4) is 0 Å². The molecular formula is C13H15ClIN3. The smallest absolute Gasteiger partial charge is 0.0593 e. The molecule has 0 spiro atoms. The van der Waals surface area contributed by atoms with Crippen molar-refractivity contribution < 1.29 is 0 Å². The van der Waals surface area contributed by atoms with E-state index in [9.17, 15) is 0 Å². The average molecular weight is 376 g/mol. The van der Waals surface area contributed by atoms with Crippen LogP contribution >= 0.6 is 34.2 Å². The van der Waals surface area contributed by atoms with Gasteiger partial charge in [-0.15, -0.1) is 0 Å². The van der Waals surface area contributed by atoms with Crippen molar-refractivity contribution in [3.63, 3.8) is 0 Å². The maximum Gasteiger partial charge on any atom is 0.0593 e. The third kappa shape index (κ3) is 3.05. The predicted molar refractivity (Wildman–Crippen MR) is 82.7 cm³/mol. The Labute approximate surface area is 125 Å². The first-order valence-electron chi connectivity index (χ1n) is 5.84. The zero-order chi connectivity index (χ0) is 13.1. The fraction of sp³-hybridized carbons (Fsp3) is 0.308. The van der Waals surface area contributed by atoms with E-state index in [1.165, 1.54) is 0 Å². The zero-order valence-electron chi connectivity index (χ0n) is 10.1. The minimum Gasteiger partial charge on any atom is -0.320 e. The lowest BCUT2D eigenvalue weighted by Gasteiger charge is -2.12. The molecule has 2 N–H and O–H groups in total. The molecule has 0 fully saturated rings. The van der Waals surface area contributed by atoms with Crippen LogP contribution in [0.25, 0.3) is 0 Å². The summed E-state index contributed by atoms with van der Waals surface area (Å²) in [5.74, 6) is 0. The molecule has 0 aliphatic rings. The molecule has 18 heavy (non-hydrogen) atoms. The second-order valence-corrected chi connectivity index (χ2v) is 5.78. The van der Waals surface area contributed by atoms with Gasteiger partial charge < -0.3 is 5.73 Å². The second-order valence-electron chi connectivity index (χ2n) is 4.18. The molecule has 3 nitrogen and oxygen atoms in total. The molecule has 1 unspecified atom stereocenters. The number of halogens is 2. The summed E-state index contributed by atoms with van der Waals surface area (Å²) in [7, 11) is 0. The molecule has 5 heteroatoms. The van der Waals surface area contributed by atoms with E-state index < -0.39 is 0 Å². The molecule has 1 aromatic carbocycles. The molecule has 0 radical (unpaired) electrons. The highest BCUT2D eigenvalue weighted by molar-refractivity contribution is 14.1.